The van der Waals surface area contributed by atoms with Crippen molar-refractivity contribution >= 4 is 15.9 Å². The zero-order valence-electron chi connectivity index (χ0n) is 11.2. The van der Waals surface area contributed by atoms with E-state index in [9.17, 15) is 0 Å². The Morgan fingerprint density at radius 3 is 2.47 bits per heavy atom. The summed E-state index contributed by atoms with van der Waals surface area (Å²) in [6.45, 7) is 11.8. The van der Waals surface area contributed by atoms with Crippen LogP contribution in [0.2, 0.25) is 0 Å². The lowest BCUT2D eigenvalue weighted by Crippen LogP contribution is -2.52. The highest BCUT2D eigenvalue weighted by atomic mass is 79.9. The Morgan fingerprint density at radius 1 is 1.29 bits per heavy atom. The monoisotopic (exact) mass is 295 g/mol. The SMILES string of the molecule is CC(c1cccc(Br)c1)N1CC(C(C)(C)C)C1. The van der Waals surface area contributed by atoms with Crippen LogP contribution in [0.25, 0.3) is 0 Å². The molecule has 0 aliphatic carbocycles. The molecular formula is C15H22BrN. The van der Waals surface area contributed by atoms with Gasteiger partial charge in [0.25, 0.3) is 0 Å². The largest absolute Gasteiger partial charge is 0.296 e. The number of halogens is 1. The van der Waals surface area contributed by atoms with Gasteiger partial charge >= 0.3 is 0 Å². The second-order valence-corrected chi connectivity index (χ2v) is 7.16. The molecule has 2 heteroatoms. The van der Waals surface area contributed by atoms with E-state index in [2.05, 4.69) is 72.8 Å². The Kier molecular flexibility index (Phi) is 3.65. The Labute approximate surface area is 113 Å². The summed E-state index contributed by atoms with van der Waals surface area (Å²) < 4.78 is 1.18. The molecular weight excluding hydrogens is 274 g/mol. The number of hydrogen-bond donors (Lipinski definition) is 0. The second-order valence-electron chi connectivity index (χ2n) is 6.25. The first-order chi connectivity index (χ1) is 7.88. The molecule has 94 valence electrons. The summed E-state index contributed by atoms with van der Waals surface area (Å²) in [6.07, 6.45) is 0. The van der Waals surface area contributed by atoms with Crippen LogP contribution in [0.1, 0.15) is 39.3 Å². The van der Waals surface area contributed by atoms with Crippen LogP contribution in [-0.2, 0) is 0 Å². The minimum atomic E-state index is 0.452. The fourth-order valence-electron chi connectivity index (χ4n) is 2.35. The van der Waals surface area contributed by atoms with E-state index in [-0.39, 0.29) is 0 Å². The van der Waals surface area contributed by atoms with Crippen LogP contribution in [0.4, 0.5) is 0 Å². The van der Waals surface area contributed by atoms with Crippen molar-refractivity contribution in [2.24, 2.45) is 11.3 Å². The summed E-state index contributed by atoms with van der Waals surface area (Å²) in [4.78, 5) is 2.57. The van der Waals surface area contributed by atoms with E-state index in [1.165, 1.54) is 23.1 Å². The van der Waals surface area contributed by atoms with Crippen LogP contribution in [0.3, 0.4) is 0 Å². The van der Waals surface area contributed by atoms with Crippen molar-refractivity contribution in [3.63, 3.8) is 0 Å². The Morgan fingerprint density at radius 2 is 1.94 bits per heavy atom. The molecule has 17 heavy (non-hydrogen) atoms. The van der Waals surface area contributed by atoms with Crippen LogP contribution >= 0.6 is 15.9 Å². The molecule has 0 radical (unpaired) electrons. The van der Waals surface area contributed by atoms with Crippen LogP contribution in [0.15, 0.2) is 28.7 Å². The summed E-state index contributed by atoms with van der Waals surface area (Å²) in [7, 11) is 0. The normalized spacial score (nSPS) is 20.1. The number of benzene rings is 1. The Hall–Kier alpha value is -0.340. The quantitative estimate of drug-likeness (QED) is 0.777. The highest BCUT2D eigenvalue weighted by Crippen LogP contribution is 2.38. The summed E-state index contributed by atoms with van der Waals surface area (Å²) in [5.41, 5.74) is 1.86. The topological polar surface area (TPSA) is 3.24 Å². The maximum Gasteiger partial charge on any atom is 0.0320 e. The smallest absolute Gasteiger partial charge is 0.0320 e. The molecule has 1 heterocycles. The standard InChI is InChI=1S/C15H22BrN/c1-11(12-6-5-7-14(16)8-12)17-9-13(10-17)15(2,3)4/h5-8,11,13H,9-10H2,1-4H3. The Balaban J connectivity index is 1.98. The predicted molar refractivity (Wildman–Crippen MR) is 77.1 cm³/mol. The minimum Gasteiger partial charge on any atom is -0.296 e. The molecule has 1 fully saturated rings. The van der Waals surface area contributed by atoms with E-state index in [4.69, 9.17) is 0 Å². The lowest BCUT2D eigenvalue weighted by Gasteiger charge is -2.49. The third-order valence-corrected chi connectivity index (χ3v) is 4.51. The molecule has 1 atom stereocenters. The van der Waals surface area contributed by atoms with Gasteiger partial charge in [0.05, 0.1) is 0 Å². The van der Waals surface area contributed by atoms with Crippen molar-refractivity contribution in [3.05, 3.63) is 34.3 Å². The zero-order valence-corrected chi connectivity index (χ0v) is 12.8. The van der Waals surface area contributed by atoms with Crippen LogP contribution in [-0.4, -0.2) is 18.0 Å². The predicted octanol–water partition coefficient (Wildman–Crippen LogP) is 4.49. The second kappa shape index (κ2) is 4.74. The zero-order chi connectivity index (χ0) is 12.6. The molecule has 1 saturated heterocycles. The first-order valence-corrected chi connectivity index (χ1v) is 7.17. The molecule has 1 unspecified atom stereocenters. The summed E-state index contributed by atoms with van der Waals surface area (Å²) in [5.74, 6) is 0.845. The van der Waals surface area contributed by atoms with Crippen LogP contribution in [0.5, 0.6) is 0 Å². The Bertz CT molecular complexity index is 388. The van der Waals surface area contributed by atoms with E-state index in [0.717, 1.165) is 5.92 Å². The van der Waals surface area contributed by atoms with Gasteiger partial charge < -0.3 is 0 Å². The number of rotatable bonds is 2. The lowest BCUT2D eigenvalue weighted by atomic mass is 9.75. The lowest BCUT2D eigenvalue weighted by molar-refractivity contribution is -0.00271. The van der Waals surface area contributed by atoms with Crippen molar-refractivity contribution in [2.75, 3.05) is 13.1 Å². The van der Waals surface area contributed by atoms with Gasteiger partial charge in [0, 0.05) is 23.6 Å². The summed E-state index contributed by atoms with van der Waals surface area (Å²) >= 11 is 3.54. The van der Waals surface area contributed by atoms with Gasteiger partial charge in [0.1, 0.15) is 0 Å². The van der Waals surface area contributed by atoms with Crippen molar-refractivity contribution in [1.29, 1.82) is 0 Å². The molecule has 0 amide bonds. The maximum absolute atomic E-state index is 3.54. The maximum atomic E-state index is 3.54. The minimum absolute atomic E-state index is 0.452. The van der Waals surface area contributed by atoms with Crippen LogP contribution in [0, 0.1) is 11.3 Å². The van der Waals surface area contributed by atoms with Crippen molar-refractivity contribution in [1.82, 2.24) is 4.90 Å². The third kappa shape index (κ3) is 2.92. The molecule has 1 nitrogen and oxygen atoms in total. The average Bonchev–Trinajstić information content (AvgIpc) is 2.12. The molecule has 0 saturated carbocycles. The average molecular weight is 296 g/mol. The fourth-order valence-corrected chi connectivity index (χ4v) is 2.77. The third-order valence-electron chi connectivity index (χ3n) is 4.01. The molecule has 0 spiro atoms. The highest BCUT2D eigenvalue weighted by Gasteiger charge is 2.37. The van der Waals surface area contributed by atoms with Gasteiger partial charge in [0.15, 0.2) is 0 Å². The number of hydrogen-bond acceptors (Lipinski definition) is 1. The van der Waals surface area contributed by atoms with Gasteiger partial charge in [0.2, 0.25) is 0 Å². The van der Waals surface area contributed by atoms with Gasteiger partial charge in [-0.15, -0.1) is 0 Å². The number of nitrogens with zero attached hydrogens (tertiary/aromatic N) is 1. The molecule has 0 N–H and O–H groups in total. The van der Waals surface area contributed by atoms with Crippen LogP contribution < -0.4 is 0 Å². The van der Waals surface area contributed by atoms with E-state index in [1.807, 2.05) is 0 Å². The molecule has 1 aromatic rings. The summed E-state index contributed by atoms with van der Waals surface area (Å²) in [5, 5.41) is 0. The van der Waals surface area contributed by atoms with Gasteiger partial charge in [-0.2, -0.15) is 0 Å². The molecule has 0 bridgehead atoms. The first-order valence-electron chi connectivity index (χ1n) is 6.37. The van der Waals surface area contributed by atoms with E-state index < -0.39 is 0 Å². The van der Waals surface area contributed by atoms with Crippen molar-refractivity contribution < 1.29 is 0 Å². The van der Waals surface area contributed by atoms with Gasteiger partial charge in [-0.25, -0.2) is 0 Å². The van der Waals surface area contributed by atoms with E-state index in [1.54, 1.807) is 0 Å². The van der Waals surface area contributed by atoms with Crippen molar-refractivity contribution in [2.45, 2.75) is 33.7 Å². The van der Waals surface area contributed by atoms with E-state index in [0.29, 0.717) is 11.5 Å². The molecule has 2 rings (SSSR count). The van der Waals surface area contributed by atoms with Crippen molar-refractivity contribution in [3.8, 4) is 0 Å². The molecule has 1 aromatic carbocycles. The van der Waals surface area contributed by atoms with Gasteiger partial charge in [-0.3, -0.25) is 4.90 Å². The molecule has 0 aromatic heterocycles. The van der Waals surface area contributed by atoms with Gasteiger partial charge in [-0.1, -0.05) is 48.8 Å². The fraction of sp³-hybridized carbons (Fsp3) is 0.600. The highest BCUT2D eigenvalue weighted by molar-refractivity contribution is 9.10. The van der Waals surface area contributed by atoms with Gasteiger partial charge in [-0.05, 0) is 36.0 Å². The first kappa shape index (κ1) is 13.1. The summed E-state index contributed by atoms with van der Waals surface area (Å²) in [6, 6.07) is 9.20. The molecule has 1 aliphatic heterocycles. The van der Waals surface area contributed by atoms with E-state index >= 15 is 0 Å². The molecule has 1 aliphatic rings. The number of likely N-dealkylation sites (tertiary alicyclic amines) is 1.